The number of ether oxygens (including phenoxy) is 1. The van der Waals surface area contributed by atoms with Gasteiger partial charge in [0, 0.05) is 13.0 Å². The first-order valence-corrected chi connectivity index (χ1v) is 7.14. The third-order valence-corrected chi connectivity index (χ3v) is 4.09. The number of carbonyl (C=O) groups is 2. The first kappa shape index (κ1) is 13.5. The zero-order valence-electron chi connectivity index (χ0n) is 10.7. The van der Waals surface area contributed by atoms with E-state index in [1.54, 1.807) is 0 Å². The highest BCUT2D eigenvalue weighted by atomic mass is 32.2. The number of carbonyl (C=O) groups excluding carboxylic acids is 2. The quantitative estimate of drug-likeness (QED) is 0.650. The molecule has 1 aliphatic rings. The molecule has 0 aromatic heterocycles. The predicted molar refractivity (Wildman–Crippen MR) is 66.5 cm³/mol. The van der Waals surface area contributed by atoms with Crippen LogP contribution in [0.5, 0.6) is 5.75 Å². The van der Waals surface area contributed by atoms with E-state index in [2.05, 4.69) is 0 Å². The molecular weight excluding hydrogens is 270 g/mol. The van der Waals surface area contributed by atoms with Crippen LogP contribution in [0.3, 0.4) is 0 Å². The number of hydrogen-bond acceptors (Lipinski definition) is 5. The lowest BCUT2D eigenvalue weighted by Gasteiger charge is -2.11. The summed E-state index contributed by atoms with van der Waals surface area (Å²) in [6, 6.07) is 2.71. The zero-order valence-corrected chi connectivity index (χ0v) is 11.5. The van der Waals surface area contributed by atoms with Crippen LogP contribution in [0.1, 0.15) is 42.6 Å². The molecule has 102 valence electrons. The van der Waals surface area contributed by atoms with Crippen molar-refractivity contribution in [2.45, 2.75) is 31.6 Å². The molecule has 19 heavy (non-hydrogen) atoms. The van der Waals surface area contributed by atoms with E-state index >= 15 is 0 Å². The number of benzene rings is 1. The van der Waals surface area contributed by atoms with Crippen molar-refractivity contribution >= 4 is 21.9 Å². The van der Waals surface area contributed by atoms with E-state index in [9.17, 15) is 18.0 Å². The fraction of sp³-hybridized carbons (Fsp3) is 0.333. The van der Waals surface area contributed by atoms with Crippen molar-refractivity contribution in [2.24, 2.45) is 0 Å². The van der Waals surface area contributed by atoms with Gasteiger partial charge in [-0.1, -0.05) is 13.8 Å². The largest absolute Gasteiger partial charge is 0.427 e. The Balaban J connectivity index is 2.72. The summed E-state index contributed by atoms with van der Waals surface area (Å²) in [5.74, 6) is -1.16. The van der Waals surface area contributed by atoms with E-state index in [-0.39, 0.29) is 22.1 Å². The van der Waals surface area contributed by atoms with Crippen molar-refractivity contribution in [3.8, 4) is 5.75 Å². The Morgan fingerprint density at radius 3 is 2.47 bits per heavy atom. The van der Waals surface area contributed by atoms with E-state index in [0.717, 1.165) is 0 Å². The molecule has 0 radical (unpaired) electrons. The van der Waals surface area contributed by atoms with E-state index in [1.807, 2.05) is 18.6 Å². The Kier molecular flexibility index (Phi) is 3.09. The molecule has 1 heterocycles. The zero-order chi connectivity index (χ0) is 14.4. The molecule has 1 aromatic rings. The molecule has 0 aliphatic carbocycles. The molecule has 1 aromatic carbocycles. The number of amides is 1. The maximum absolute atomic E-state index is 11.8. The van der Waals surface area contributed by atoms with Crippen LogP contribution >= 0.6 is 0 Å². The van der Waals surface area contributed by atoms with Crippen molar-refractivity contribution in [3.63, 3.8) is 0 Å². The number of fused-ring (bicyclic) bond motifs is 1. The first-order chi connectivity index (χ1) is 8.72. The monoisotopic (exact) mass is 283 g/mol. The Labute approximate surface area is 110 Å². The normalized spacial score (nSPS) is 16.1. The summed E-state index contributed by atoms with van der Waals surface area (Å²) in [4.78, 5) is 22.6. The van der Waals surface area contributed by atoms with Gasteiger partial charge in [0.05, 0.1) is 5.56 Å². The van der Waals surface area contributed by atoms with E-state index in [1.165, 1.54) is 19.1 Å². The minimum atomic E-state index is -3.86. The highest BCUT2D eigenvalue weighted by molar-refractivity contribution is 7.90. The van der Waals surface area contributed by atoms with Gasteiger partial charge in [0.15, 0.2) is 0 Å². The summed E-state index contributed by atoms with van der Waals surface area (Å²) < 4.78 is 30.5. The van der Waals surface area contributed by atoms with Crippen LogP contribution in [0.4, 0.5) is 0 Å². The molecule has 0 spiro atoms. The highest BCUT2D eigenvalue weighted by Crippen LogP contribution is 2.34. The lowest BCUT2D eigenvalue weighted by atomic mass is 9.96. The van der Waals surface area contributed by atoms with Crippen LogP contribution in [-0.2, 0) is 14.8 Å². The van der Waals surface area contributed by atoms with Gasteiger partial charge in [-0.3, -0.25) is 9.59 Å². The Hall–Kier alpha value is -1.89. The second-order valence-corrected chi connectivity index (χ2v) is 6.22. The molecule has 2 rings (SSSR count). The Morgan fingerprint density at radius 2 is 1.95 bits per heavy atom. The smallest absolute Gasteiger partial charge is 0.308 e. The lowest BCUT2D eigenvalue weighted by Crippen LogP contribution is -2.21. The number of sulfonamides is 1. The number of esters is 1. The van der Waals surface area contributed by atoms with E-state index in [0.29, 0.717) is 5.56 Å². The van der Waals surface area contributed by atoms with Gasteiger partial charge in [-0.2, -0.15) is 0 Å². The topological polar surface area (TPSA) is 89.5 Å². The van der Waals surface area contributed by atoms with Crippen LogP contribution < -0.4 is 9.46 Å². The van der Waals surface area contributed by atoms with Crippen LogP contribution in [0.15, 0.2) is 17.0 Å². The second-order valence-electron chi connectivity index (χ2n) is 4.57. The Morgan fingerprint density at radius 1 is 1.32 bits per heavy atom. The summed E-state index contributed by atoms with van der Waals surface area (Å²) >= 11 is 0. The molecule has 7 heteroatoms. The SMILES string of the molecule is CC(=O)Oc1cc(C(C)C)c2c(c1)S(=O)(=O)NC2=O. The van der Waals surface area contributed by atoms with Gasteiger partial charge >= 0.3 is 5.97 Å². The van der Waals surface area contributed by atoms with E-state index in [4.69, 9.17) is 4.74 Å². The summed E-state index contributed by atoms with van der Waals surface area (Å²) in [6.45, 7) is 4.87. The maximum atomic E-state index is 11.8. The highest BCUT2D eigenvalue weighted by Gasteiger charge is 2.36. The second kappa shape index (κ2) is 4.34. The molecule has 1 N–H and O–H groups in total. The van der Waals surface area contributed by atoms with Gasteiger partial charge in [0.2, 0.25) is 0 Å². The summed E-state index contributed by atoms with van der Waals surface area (Å²) in [6.07, 6.45) is 0. The maximum Gasteiger partial charge on any atom is 0.308 e. The van der Waals surface area contributed by atoms with Crippen molar-refractivity contribution in [1.29, 1.82) is 0 Å². The number of rotatable bonds is 2. The molecule has 0 fully saturated rings. The lowest BCUT2D eigenvalue weighted by molar-refractivity contribution is -0.131. The third-order valence-electron chi connectivity index (χ3n) is 2.73. The van der Waals surface area contributed by atoms with E-state index < -0.39 is 21.9 Å². The van der Waals surface area contributed by atoms with Crippen LogP contribution in [0.2, 0.25) is 0 Å². The minimum absolute atomic E-state index is 0.0803. The van der Waals surface area contributed by atoms with Crippen LogP contribution in [-0.4, -0.2) is 20.3 Å². The first-order valence-electron chi connectivity index (χ1n) is 5.66. The molecule has 6 nitrogen and oxygen atoms in total. The minimum Gasteiger partial charge on any atom is -0.427 e. The molecule has 0 unspecified atom stereocenters. The van der Waals surface area contributed by atoms with Gasteiger partial charge in [-0.15, -0.1) is 0 Å². The van der Waals surface area contributed by atoms with Crippen molar-refractivity contribution < 1.29 is 22.7 Å². The Bertz CT molecular complexity index is 676. The molecule has 1 amide bonds. The van der Waals surface area contributed by atoms with Crippen molar-refractivity contribution in [2.75, 3.05) is 0 Å². The van der Waals surface area contributed by atoms with Crippen LogP contribution in [0, 0.1) is 0 Å². The predicted octanol–water partition coefficient (Wildman–Crippen LogP) is 1.17. The summed E-state index contributed by atoms with van der Waals surface area (Å²) in [5.41, 5.74) is 0.665. The number of nitrogens with one attached hydrogen (secondary N) is 1. The van der Waals surface area contributed by atoms with Crippen molar-refractivity contribution in [3.05, 3.63) is 23.3 Å². The van der Waals surface area contributed by atoms with Gasteiger partial charge in [-0.05, 0) is 17.5 Å². The van der Waals surface area contributed by atoms with Crippen molar-refractivity contribution in [1.82, 2.24) is 4.72 Å². The van der Waals surface area contributed by atoms with Gasteiger partial charge in [-0.25, -0.2) is 13.1 Å². The fourth-order valence-electron chi connectivity index (χ4n) is 1.97. The fourth-order valence-corrected chi connectivity index (χ4v) is 3.18. The van der Waals surface area contributed by atoms with Gasteiger partial charge < -0.3 is 4.74 Å². The van der Waals surface area contributed by atoms with Crippen LogP contribution in [0.25, 0.3) is 0 Å². The molecule has 0 saturated heterocycles. The average molecular weight is 283 g/mol. The molecular formula is C12H13NO5S. The standard InChI is InChI=1S/C12H13NO5S/c1-6(2)9-4-8(18-7(3)14)5-10-11(9)12(15)13-19(10,16)17/h4-6H,1-3H3,(H,13,15). The molecule has 1 aliphatic heterocycles. The molecule has 0 saturated carbocycles. The molecule has 0 atom stereocenters. The third kappa shape index (κ3) is 2.33. The summed E-state index contributed by atoms with van der Waals surface area (Å²) in [5, 5.41) is 0. The summed E-state index contributed by atoms with van der Waals surface area (Å²) in [7, 11) is -3.86. The van der Waals surface area contributed by atoms with Gasteiger partial charge in [0.25, 0.3) is 15.9 Å². The van der Waals surface area contributed by atoms with Gasteiger partial charge in [0.1, 0.15) is 10.6 Å². The average Bonchev–Trinajstić information content (AvgIpc) is 2.47. The molecule has 0 bridgehead atoms. The number of hydrogen-bond donors (Lipinski definition) is 1.